The van der Waals surface area contributed by atoms with Crippen LogP contribution >= 0.6 is 45.3 Å². The Kier molecular flexibility index (Phi) is 2.63. The highest BCUT2D eigenvalue weighted by atomic mass is 32.1. The van der Waals surface area contributed by atoms with Crippen LogP contribution < -0.4 is 0 Å². The smallest absolute Gasteiger partial charge is 0.0362 e. The van der Waals surface area contributed by atoms with Gasteiger partial charge in [-0.25, -0.2) is 0 Å². The van der Waals surface area contributed by atoms with Gasteiger partial charge in [-0.05, 0) is 59.3 Å². The lowest BCUT2D eigenvalue weighted by Gasteiger charge is -2.00. The summed E-state index contributed by atoms with van der Waals surface area (Å²) in [6.07, 6.45) is 0. The molecular formula is C22H10S4. The first-order valence-corrected chi connectivity index (χ1v) is 11.8. The molecule has 0 saturated carbocycles. The van der Waals surface area contributed by atoms with Crippen molar-refractivity contribution >= 4 is 106 Å². The maximum Gasteiger partial charge on any atom is 0.0362 e. The van der Waals surface area contributed by atoms with Crippen molar-refractivity contribution in [1.29, 1.82) is 0 Å². The van der Waals surface area contributed by atoms with Gasteiger partial charge in [0.05, 0.1) is 0 Å². The summed E-state index contributed by atoms with van der Waals surface area (Å²) in [5, 5.41) is 13.1. The summed E-state index contributed by atoms with van der Waals surface area (Å²) in [5.41, 5.74) is 0. The molecular weight excluding hydrogens is 393 g/mol. The molecule has 0 N–H and O–H groups in total. The van der Waals surface area contributed by atoms with Crippen molar-refractivity contribution in [2.24, 2.45) is 0 Å². The predicted molar refractivity (Wildman–Crippen MR) is 123 cm³/mol. The fraction of sp³-hybridized carbons (Fsp3) is 0. The van der Waals surface area contributed by atoms with Gasteiger partial charge in [0.25, 0.3) is 0 Å². The first-order valence-electron chi connectivity index (χ1n) is 8.42. The fourth-order valence-corrected chi connectivity index (χ4v) is 8.05. The van der Waals surface area contributed by atoms with Gasteiger partial charge in [0, 0.05) is 60.5 Å². The van der Waals surface area contributed by atoms with Crippen molar-refractivity contribution in [2.75, 3.05) is 0 Å². The van der Waals surface area contributed by atoms with Gasteiger partial charge >= 0.3 is 0 Å². The maximum absolute atomic E-state index is 2.32. The van der Waals surface area contributed by atoms with Gasteiger partial charge in [-0.3, -0.25) is 0 Å². The van der Waals surface area contributed by atoms with E-state index in [0.29, 0.717) is 0 Å². The molecule has 4 heterocycles. The number of fused-ring (bicyclic) bond motifs is 11. The number of benzene rings is 3. The Balaban J connectivity index is 1.90. The van der Waals surface area contributed by atoms with E-state index < -0.39 is 0 Å². The second-order valence-electron chi connectivity index (χ2n) is 6.56. The summed E-state index contributed by atoms with van der Waals surface area (Å²) in [6.45, 7) is 0. The van der Waals surface area contributed by atoms with E-state index in [4.69, 9.17) is 0 Å². The molecule has 7 aromatic rings. The molecule has 0 radical (unpaired) electrons. The lowest BCUT2D eigenvalue weighted by Crippen LogP contribution is -1.73. The van der Waals surface area contributed by atoms with Gasteiger partial charge in [0.1, 0.15) is 0 Å². The van der Waals surface area contributed by atoms with Crippen molar-refractivity contribution < 1.29 is 0 Å². The number of hydrogen-bond donors (Lipinski definition) is 0. The van der Waals surface area contributed by atoms with Crippen LogP contribution in [0.5, 0.6) is 0 Å². The molecule has 0 fully saturated rings. The quantitative estimate of drug-likeness (QED) is 0.238. The number of hydrogen-bond acceptors (Lipinski definition) is 4. The van der Waals surface area contributed by atoms with E-state index in [1.54, 1.807) is 0 Å². The molecule has 0 aliphatic heterocycles. The predicted octanol–water partition coefficient (Wildman–Crippen LogP) is 8.85. The van der Waals surface area contributed by atoms with Crippen LogP contribution in [0.15, 0.2) is 59.3 Å². The van der Waals surface area contributed by atoms with E-state index in [1.807, 2.05) is 45.3 Å². The van der Waals surface area contributed by atoms with Crippen molar-refractivity contribution in [3.8, 4) is 0 Å². The van der Waals surface area contributed by atoms with Crippen LogP contribution in [0.4, 0.5) is 0 Å². The van der Waals surface area contributed by atoms with Crippen molar-refractivity contribution in [2.45, 2.75) is 0 Å². The Morgan fingerprint density at radius 2 is 0.769 bits per heavy atom. The molecule has 0 bridgehead atoms. The average Bonchev–Trinajstić information content (AvgIpc) is 3.40. The zero-order valence-corrected chi connectivity index (χ0v) is 16.7. The third-order valence-corrected chi connectivity index (χ3v) is 9.27. The Morgan fingerprint density at radius 3 is 1.23 bits per heavy atom. The summed E-state index contributed by atoms with van der Waals surface area (Å²) in [4.78, 5) is 0. The molecule has 0 saturated heterocycles. The lowest BCUT2D eigenvalue weighted by atomic mass is 10.0. The lowest BCUT2D eigenvalue weighted by molar-refractivity contribution is 2.03. The van der Waals surface area contributed by atoms with Gasteiger partial charge in [-0.15, -0.1) is 45.3 Å². The summed E-state index contributed by atoms with van der Waals surface area (Å²) < 4.78 is 8.37. The van der Waals surface area contributed by atoms with Crippen LogP contribution in [0.2, 0.25) is 0 Å². The van der Waals surface area contributed by atoms with E-state index in [9.17, 15) is 0 Å². The zero-order valence-electron chi connectivity index (χ0n) is 13.4. The molecule has 0 aliphatic rings. The van der Waals surface area contributed by atoms with Gasteiger partial charge in [0.2, 0.25) is 0 Å². The maximum atomic E-state index is 2.32. The standard InChI is InChI=1S/C22H10S4/c1-3-15-19(11-7-9-23-13(1)11)21-17(25-15)5-6-18-22(21)20-12-8-10-24-14(12)2-4-16(20)26-18/h1-10H. The van der Waals surface area contributed by atoms with Crippen molar-refractivity contribution in [3.05, 3.63) is 59.3 Å². The van der Waals surface area contributed by atoms with E-state index in [2.05, 4.69) is 59.3 Å². The molecule has 0 amide bonds. The topological polar surface area (TPSA) is 0 Å². The summed E-state index contributed by atoms with van der Waals surface area (Å²) in [6, 6.07) is 18.4. The second kappa shape index (κ2) is 4.84. The highest BCUT2D eigenvalue weighted by Crippen LogP contribution is 2.48. The molecule has 26 heavy (non-hydrogen) atoms. The summed E-state index contributed by atoms with van der Waals surface area (Å²) in [5.74, 6) is 0. The molecule has 122 valence electrons. The normalized spacial score (nSPS) is 12.6. The molecule has 4 aromatic heterocycles. The Labute approximate surface area is 164 Å². The number of thiophene rings is 4. The molecule has 0 atom stereocenters. The molecule has 0 spiro atoms. The summed E-state index contributed by atoms with van der Waals surface area (Å²) in [7, 11) is 0. The third-order valence-electron chi connectivity index (χ3n) is 5.26. The zero-order chi connectivity index (χ0) is 16.8. The van der Waals surface area contributed by atoms with E-state index >= 15 is 0 Å². The molecule has 3 aromatic carbocycles. The fourth-order valence-electron chi connectivity index (χ4n) is 4.20. The Morgan fingerprint density at radius 1 is 0.385 bits per heavy atom. The first-order chi connectivity index (χ1) is 12.9. The van der Waals surface area contributed by atoms with Crippen LogP contribution in [-0.4, -0.2) is 0 Å². The van der Waals surface area contributed by atoms with Gasteiger partial charge < -0.3 is 0 Å². The molecule has 0 nitrogen and oxygen atoms in total. The summed E-state index contributed by atoms with van der Waals surface area (Å²) >= 11 is 7.53. The Hall–Kier alpha value is -1.98. The van der Waals surface area contributed by atoms with Crippen molar-refractivity contribution in [3.63, 3.8) is 0 Å². The molecule has 0 aliphatic carbocycles. The van der Waals surface area contributed by atoms with E-state index in [0.717, 1.165) is 0 Å². The van der Waals surface area contributed by atoms with Crippen LogP contribution in [0.1, 0.15) is 0 Å². The minimum atomic E-state index is 1.38. The average molecular weight is 403 g/mol. The Bertz CT molecular complexity index is 1510. The third kappa shape index (κ3) is 1.64. The largest absolute Gasteiger partial charge is 0.144 e. The highest BCUT2D eigenvalue weighted by molar-refractivity contribution is 7.28. The molecule has 7 rings (SSSR count). The number of rotatable bonds is 0. The SMILES string of the molecule is c1cc2c(ccc3sc4ccc5sc6ccc7sccc7c6c5c4c32)s1. The molecule has 4 heteroatoms. The van der Waals surface area contributed by atoms with Crippen LogP contribution in [0.3, 0.4) is 0 Å². The van der Waals surface area contributed by atoms with Gasteiger partial charge in [-0.1, -0.05) is 0 Å². The van der Waals surface area contributed by atoms with Crippen LogP contribution in [0.25, 0.3) is 60.5 Å². The van der Waals surface area contributed by atoms with Crippen LogP contribution in [0, 0.1) is 0 Å². The van der Waals surface area contributed by atoms with Gasteiger partial charge in [-0.2, -0.15) is 0 Å². The van der Waals surface area contributed by atoms with E-state index in [1.165, 1.54) is 60.5 Å². The minimum Gasteiger partial charge on any atom is -0.144 e. The first kappa shape index (κ1) is 14.1. The van der Waals surface area contributed by atoms with Gasteiger partial charge in [0.15, 0.2) is 0 Å². The molecule has 0 unspecified atom stereocenters. The van der Waals surface area contributed by atoms with Crippen LogP contribution in [-0.2, 0) is 0 Å². The highest BCUT2D eigenvalue weighted by Gasteiger charge is 2.17. The minimum absolute atomic E-state index is 1.38. The van der Waals surface area contributed by atoms with Crippen molar-refractivity contribution in [1.82, 2.24) is 0 Å². The second-order valence-corrected chi connectivity index (χ2v) is 10.6. The monoisotopic (exact) mass is 402 g/mol. The van der Waals surface area contributed by atoms with E-state index in [-0.39, 0.29) is 0 Å².